The van der Waals surface area contributed by atoms with E-state index < -0.39 is 15.6 Å². The number of nitrogens with one attached hydrogen (secondary N) is 1. The molecule has 0 aliphatic carbocycles. The minimum Gasteiger partial charge on any atom is -0.373 e. The van der Waals surface area contributed by atoms with Gasteiger partial charge >= 0.3 is 0 Å². The third-order valence-corrected chi connectivity index (χ3v) is 4.63. The molecule has 2 rings (SSSR count). The summed E-state index contributed by atoms with van der Waals surface area (Å²) < 4.78 is 31.5. The fourth-order valence-corrected chi connectivity index (χ4v) is 3.43. The molecule has 1 fully saturated rings. The standard InChI is InChI=1S/C11H16N2O4S/c1-11(2)8-13(5-6-17-11)18(15,16)9-3-4-10(14)12-7-9/h3-4,7H,5-6,8H2,1-2H3,(H,12,14). The third kappa shape index (κ3) is 2.63. The fraction of sp³-hybridized carbons (Fsp3) is 0.545. The largest absolute Gasteiger partial charge is 0.373 e. The van der Waals surface area contributed by atoms with Crippen LogP contribution in [-0.4, -0.2) is 43.0 Å². The molecule has 0 amide bonds. The van der Waals surface area contributed by atoms with Crippen LogP contribution in [0, 0.1) is 0 Å². The highest BCUT2D eigenvalue weighted by atomic mass is 32.2. The Balaban J connectivity index is 2.31. The van der Waals surface area contributed by atoms with Crippen LogP contribution in [0.15, 0.2) is 28.0 Å². The first kappa shape index (κ1) is 13.3. The Hall–Kier alpha value is -1.18. The summed E-state index contributed by atoms with van der Waals surface area (Å²) in [6, 6.07) is 2.52. The number of hydrogen-bond donors (Lipinski definition) is 1. The van der Waals surface area contributed by atoms with Gasteiger partial charge in [-0.1, -0.05) is 0 Å². The number of rotatable bonds is 2. The van der Waals surface area contributed by atoms with Crippen LogP contribution in [0.3, 0.4) is 0 Å². The topological polar surface area (TPSA) is 79.5 Å². The van der Waals surface area contributed by atoms with E-state index in [9.17, 15) is 13.2 Å². The quantitative estimate of drug-likeness (QED) is 0.832. The minimum absolute atomic E-state index is 0.0970. The number of aromatic nitrogens is 1. The lowest BCUT2D eigenvalue weighted by Gasteiger charge is -2.37. The third-order valence-electron chi connectivity index (χ3n) is 2.78. The van der Waals surface area contributed by atoms with Gasteiger partial charge in [0.2, 0.25) is 15.6 Å². The van der Waals surface area contributed by atoms with E-state index in [2.05, 4.69) is 4.98 Å². The lowest BCUT2D eigenvalue weighted by Crippen LogP contribution is -2.50. The van der Waals surface area contributed by atoms with Gasteiger partial charge in [0.15, 0.2) is 0 Å². The molecule has 0 atom stereocenters. The van der Waals surface area contributed by atoms with Gasteiger partial charge in [-0.05, 0) is 19.9 Å². The molecule has 100 valence electrons. The van der Waals surface area contributed by atoms with Crippen molar-refractivity contribution >= 4 is 10.0 Å². The van der Waals surface area contributed by atoms with E-state index in [0.717, 1.165) is 0 Å². The predicted molar refractivity (Wildman–Crippen MR) is 65.9 cm³/mol. The average molecular weight is 272 g/mol. The van der Waals surface area contributed by atoms with E-state index in [-0.39, 0.29) is 10.5 Å². The number of pyridine rings is 1. The molecule has 0 bridgehead atoms. The Morgan fingerprint density at radius 1 is 1.39 bits per heavy atom. The zero-order chi connectivity index (χ0) is 13.4. The minimum atomic E-state index is -3.57. The first-order valence-corrected chi connectivity index (χ1v) is 7.08. The summed E-state index contributed by atoms with van der Waals surface area (Å²) in [6.07, 6.45) is 1.22. The number of H-pyrrole nitrogens is 1. The molecular weight excluding hydrogens is 256 g/mol. The highest BCUT2D eigenvalue weighted by molar-refractivity contribution is 7.89. The molecular formula is C11H16N2O4S. The first-order chi connectivity index (χ1) is 8.31. The summed E-state index contributed by atoms with van der Waals surface area (Å²) in [6.45, 7) is 4.69. The number of nitrogens with zero attached hydrogens (tertiary/aromatic N) is 1. The van der Waals surface area contributed by atoms with Crippen molar-refractivity contribution in [1.82, 2.24) is 9.29 Å². The van der Waals surface area contributed by atoms with Crippen molar-refractivity contribution in [3.8, 4) is 0 Å². The molecule has 1 aliphatic heterocycles. The van der Waals surface area contributed by atoms with Crippen molar-refractivity contribution in [3.63, 3.8) is 0 Å². The van der Waals surface area contributed by atoms with Gasteiger partial charge in [-0.25, -0.2) is 8.42 Å². The summed E-state index contributed by atoms with van der Waals surface area (Å²) in [5.74, 6) is 0. The Kier molecular flexibility index (Phi) is 3.31. The smallest absolute Gasteiger partial charge is 0.247 e. The molecule has 1 aromatic rings. The van der Waals surface area contributed by atoms with Crippen molar-refractivity contribution < 1.29 is 13.2 Å². The molecule has 6 nitrogen and oxygen atoms in total. The van der Waals surface area contributed by atoms with Crippen molar-refractivity contribution in [2.45, 2.75) is 24.3 Å². The molecule has 0 radical (unpaired) electrons. The molecule has 0 spiro atoms. The number of ether oxygens (including phenoxy) is 1. The normalized spacial score (nSPS) is 20.8. The zero-order valence-corrected chi connectivity index (χ0v) is 11.2. The molecule has 0 aromatic carbocycles. The summed E-state index contributed by atoms with van der Waals surface area (Å²) in [5, 5.41) is 0. The van der Waals surface area contributed by atoms with Crippen molar-refractivity contribution in [1.29, 1.82) is 0 Å². The monoisotopic (exact) mass is 272 g/mol. The number of sulfonamides is 1. The number of hydrogen-bond acceptors (Lipinski definition) is 4. The lowest BCUT2D eigenvalue weighted by molar-refractivity contribution is -0.0640. The molecule has 0 saturated carbocycles. The highest BCUT2D eigenvalue weighted by Crippen LogP contribution is 2.22. The van der Waals surface area contributed by atoms with Gasteiger partial charge in [0.1, 0.15) is 0 Å². The zero-order valence-electron chi connectivity index (χ0n) is 10.3. The van der Waals surface area contributed by atoms with Gasteiger partial charge in [0, 0.05) is 25.4 Å². The van der Waals surface area contributed by atoms with Crippen LogP contribution in [0.4, 0.5) is 0 Å². The number of morpholine rings is 1. The first-order valence-electron chi connectivity index (χ1n) is 5.64. The van der Waals surface area contributed by atoms with E-state index >= 15 is 0 Å². The van der Waals surface area contributed by atoms with Crippen LogP contribution in [-0.2, 0) is 14.8 Å². The van der Waals surface area contributed by atoms with Crippen LogP contribution < -0.4 is 5.56 Å². The maximum Gasteiger partial charge on any atom is 0.247 e. The van der Waals surface area contributed by atoms with E-state index in [1.807, 2.05) is 13.8 Å². The molecule has 2 heterocycles. The molecule has 1 aliphatic rings. The second kappa shape index (κ2) is 4.49. The van der Waals surface area contributed by atoms with Gasteiger partial charge in [-0.3, -0.25) is 4.79 Å². The van der Waals surface area contributed by atoms with Crippen LogP contribution in [0.2, 0.25) is 0 Å². The van der Waals surface area contributed by atoms with E-state index in [1.54, 1.807) is 0 Å². The average Bonchev–Trinajstić information content (AvgIpc) is 2.28. The van der Waals surface area contributed by atoms with E-state index in [1.165, 1.54) is 22.6 Å². The second-order valence-corrected chi connectivity index (χ2v) is 6.77. The van der Waals surface area contributed by atoms with Gasteiger partial charge in [0.25, 0.3) is 0 Å². The van der Waals surface area contributed by atoms with Crippen molar-refractivity contribution in [2.24, 2.45) is 0 Å². The van der Waals surface area contributed by atoms with Crippen LogP contribution in [0.1, 0.15) is 13.8 Å². The molecule has 7 heteroatoms. The van der Waals surface area contributed by atoms with Crippen LogP contribution in [0.5, 0.6) is 0 Å². The maximum atomic E-state index is 12.3. The molecule has 1 aromatic heterocycles. The van der Waals surface area contributed by atoms with Gasteiger partial charge in [0.05, 0.1) is 17.1 Å². The van der Waals surface area contributed by atoms with E-state index in [4.69, 9.17) is 4.74 Å². The van der Waals surface area contributed by atoms with Gasteiger partial charge < -0.3 is 9.72 Å². The lowest BCUT2D eigenvalue weighted by atomic mass is 10.1. The van der Waals surface area contributed by atoms with Crippen molar-refractivity contribution in [3.05, 3.63) is 28.7 Å². The number of aromatic amines is 1. The van der Waals surface area contributed by atoms with Gasteiger partial charge in [-0.15, -0.1) is 0 Å². The Morgan fingerprint density at radius 2 is 2.11 bits per heavy atom. The second-order valence-electron chi connectivity index (χ2n) is 4.84. The van der Waals surface area contributed by atoms with Gasteiger partial charge in [-0.2, -0.15) is 4.31 Å². The molecule has 0 unspecified atom stereocenters. The SMILES string of the molecule is CC1(C)CN(S(=O)(=O)c2ccc(=O)[nH]c2)CCO1. The summed E-state index contributed by atoms with van der Waals surface area (Å²) in [5.41, 5.74) is -0.815. The van der Waals surface area contributed by atoms with Crippen molar-refractivity contribution in [2.75, 3.05) is 19.7 Å². The highest BCUT2D eigenvalue weighted by Gasteiger charge is 2.34. The Bertz CT molecular complexity index is 571. The van der Waals surface area contributed by atoms with Crippen LogP contribution in [0.25, 0.3) is 0 Å². The summed E-state index contributed by atoms with van der Waals surface area (Å²) in [7, 11) is -3.57. The van der Waals surface area contributed by atoms with Crippen LogP contribution >= 0.6 is 0 Å². The Labute approximate surface area is 106 Å². The fourth-order valence-electron chi connectivity index (χ4n) is 1.88. The predicted octanol–water partition coefficient (Wildman–Crippen LogP) is 0.174. The Morgan fingerprint density at radius 3 is 2.67 bits per heavy atom. The summed E-state index contributed by atoms with van der Waals surface area (Å²) in [4.78, 5) is 13.4. The van der Waals surface area contributed by atoms with E-state index in [0.29, 0.717) is 19.7 Å². The molecule has 1 N–H and O–H groups in total. The molecule has 18 heavy (non-hydrogen) atoms. The maximum absolute atomic E-state index is 12.3. The summed E-state index contributed by atoms with van der Waals surface area (Å²) >= 11 is 0. The molecule has 1 saturated heterocycles.